The summed E-state index contributed by atoms with van der Waals surface area (Å²) in [4.78, 5) is 16.8. The van der Waals surface area contributed by atoms with E-state index in [1.54, 1.807) is 0 Å². The number of amidine groups is 1. The number of β-amino-alcohol motifs (C(OH)–C–C–N with tert-alkyl or cyclic N) is 1. The second kappa shape index (κ2) is 6.62. The first-order valence-electron chi connectivity index (χ1n) is 7.64. The van der Waals surface area contributed by atoms with E-state index in [2.05, 4.69) is 17.0 Å². The van der Waals surface area contributed by atoms with E-state index in [0.29, 0.717) is 38.4 Å². The highest BCUT2D eigenvalue weighted by Gasteiger charge is 2.53. The molecule has 21 heavy (non-hydrogen) atoms. The quantitative estimate of drug-likeness (QED) is 0.286. The van der Waals surface area contributed by atoms with Crippen LogP contribution in [0.25, 0.3) is 0 Å². The lowest BCUT2D eigenvalue weighted by Gasteiger charge is -2.46. The van der Waals surface area contributed by atoms with Crippen LogP contribution in [0.4, 0.5) is 0 Å². The third-order valence-corrected chi connectivity index (χ3v) is 4.69. The summed E-state index contributed by atoms with van der Waals surface area (Å²) in [5.41, 5.74) is 5.00. The van der Waals surface area contributed by atoms with Gasteiger partial charge >= 0.3 is 0 Å². The molecule has 120 valence electrons. The molecule has 1 aliphatic heterocycles. The van der Waals surface area contributed by atoms with Crippen molar-refractivity contribution in [2.45, 2.75) is 26.2 Å². The van der Waals surface area contributed by atoms with E-state index in [-0.39, 0.29) is 18.3 Å². The van der Waals surface area contributed by atoms with Gasteiger partial charge in [0, 0.05) is 26.2 Å². The Hall–Kier alpha value is -1.34. The van der Waals surface area contributed by atoms with Crippen molar-refractivity contribution in [3.05, 3.63) is 0 Å². The van der Waals surface area contributed by atoms with Gasteiger partial charge < -0.3 is 20.9 Å². The third kappa shape index (κ3) is 3.13. The molecule has 2 fully saturated rings. The highest BCUT2D eigenvalue weighted by Crippen LogP contribution is 2.47. The van der Waals surface area contributed by atoms with Crippen molar-refractivity contribution in [3.63, 3.8) is 0 Å². The van der Waals surface area contributed by atoms with Crippen LogP contribution in [0.2, 0.25) is 0 Å². The average Bonchev–Trinajstić information content (AvgIpc) is 2.68. The predicted octanol–water partition coefficient (Wildman–Crippen LogP) is -0.324. The van der Waals surface area contributed by atoms with Crippen molar-refractivity contribution in [1.82, 2.24) is 9.80 Å². The monoisotopic (exact) mass is 298 g/mol. The van der Waals surface area contributed by atoms with Crippen LogP contribution in [0, 0.1) is 11.3 Å². The maximum Gasteiger partial charge on any atom is 0.236 e. The number of nitrogens with two attached hydrogens (primary N) is 1. The zero-order valence-corrected chi connectivity index (χ0v) is 12.7. The van der Waals surface area contributed by atoms with E-state index in [4.69, 9.17) is 16.0 Å². The Kier molecular flexibility index (Phi) is 5.05. The van der Waals surface area contributed by atoms with Crippen molar-refractivity contribution in [3.8, 4) is 0 Å². The molecule has 0 aromatic carbocycles. The lowest BCUT2D eigenvalue weighted by Crippen LogP contribution is -2.58. The van der Waals surface area contributed by atoms with Crippen LogP contribution in [0.1, 0.15) is 26.2 Å². The summed E-state index contributed by atoms with van der Waals surface area (Å²) in [5, 5.41) is 21.1. The molecule has 2 rings (SSSR count). The fraction of sp³-hybridized carbons (Fsp3) is 0.857. The van der Waals surface area contributed by atoms with E-state index in [1.165, 1.54) is 0 Å². The van der Waals surface area contributed by atoms with Gasteiger partial charge in [-0.05, 0) is 31.7 Å². The largest absolute Gasteiger partial charge is 0.409 e. The zero-order chi connectivity index (χ0) is 15.5. The number of hydrogen-bond acceptors (Lipinski definition) is 5. The van der Waals surface area contributed by atoms with E-state index in [0.717, 1.165) is 19.5 Å². The SMILES string of the molecule is CC1CC(C(=O)N2CCCN(CCO)CC2)(C(N)=NO)C1. The molecule has 2 aliphatic rings. The fourth-order valence-electron chi connectivity index (χ4n) is 3.56. The molecule has 0 atom stereocenters. The number of amides is 1. The van der Waals surface area contributed by atoms with Crippen LogP contribution in [0.3, 0.4) is 0 Å². The maximum atomic E-state index is 12.9. The summed E-state index contributed by atoms with van der Waals surface area (Å²) in [7, 11) is 0. The van der Waals surface area contributed by atoms with Crippen molar-refractivity contribution in [1.29, 1.82) is 0 Å². The first-order chi connectivity index (χ1) is 10.0. The molecule has 0 aromatic rings. The molecule has 0 radical (unpaired) electrons. The summed E-state index contributed by atoms with van der Waals surface area (Å²) in [6.45, 7) is 5.82. The molecular formula is C14H26N4O3. The minimum Gasteiger partial charge on any atom is -0.409 e. The van der Waals surface area contributed by atoms with Crippen molar-refractivity contribution in [2.75, 3.05) is 39.3 Å². The Labute approximate surface area is 125 Å². The number of carbonyl (C=O) groups excluding carboxylic acids is 1. The summed E-state index contributed by atoms with van der Waals surface area (Å²) in [5.74, 6) is 0.455. The van der Waals surface area contributed by atoms with Gasteiger partial charge in [-0.2, -0.15) is 0 Å². The van der Waals surface area contributed by atoms with Crippen molar-refractivity contribution < 1.29 is 15.1 Å². The number of aliphatic hydroxyl groups is 1. The molecule has 1 heterocycles. The van der Waals surface area contributed by atoms with E-state index >= 15 is 0 Å². The maximum absolute atomic E-state index is 12.9. The third-order valence-electron chi connectivity index (χ3n) is 4.69. The van der Waals surface area contributed by atoms with Gasteiger partial charge in [-0.1, -0.05) is 12.1 Å². The Bertz CT molecular complexity index is 407. The summed E-state index contributed by atoms with van der Waals surface area (Å²) in [6, 6.07) is 0. The van der Waals surface area contributed by atoms with E-state index in [9.17, 15) is 4.79 Å². The van der Waals surface area contributed by atoms with Crippen LogP contribution in [0.15, 0.2) is 5.16 Å². The van der Waals surface area contributed by atoms with Crippen LogP contribution in [0.5, 0.6) is 0 Å². The predicted molar refractivity (Wildman–Crippen MR) is 79.0 cm³/mol. The number of oxime groups is 1. The van der Waals surface area contributed by atoms with Crippen LogP contribution in [-0.4, -0.2) is 71.2 Å². The summed E-state index contributed by atoms with van der Waals surface area (Å²) < 4.78 is 0. The molecule has 1 saturated carbocycles. The van der Waals surface area contributed by atoms with Crippen LogP contribution < -0.4 is 5.73 Å². The molecule has 4 N–H and O–H groups in total. The second-order valence-corrected chi connectivity index (χ2v) is 6.29. The van der Waals surface area contributed by atoms with Gasteiger partial charge in [-0.15, -0.1) is 0 Å². The number of nitrogens with zero attached hydrogens (tertiary/aromatic N) is 3. The molecule has 7 heteroatoms. The van der Waals surface area contributed by atoms with Gasteiger partial charge in [-0.25, -0.2) is 0 Å². The van der Waals surface area contributed by atoms with Gasteiger partial charge in [0.15, 0.2) is 5.84 Å². The Morgan fingerprint density at radius 1 is 1.33 bits per heavy atom. The standard InChI is InChI=1S/C14H26N4O3/c1-11-9-14(10-11,12(15)16-21)13(20)18-4-2-3-17(5-6-18)7-8-19/h11,19,21H,2-10H2,1H3,(H2,15,16). The van der Waals surface area contributed by atoms with Gasteiger partial charge in [-0.3, -0.25) is 9.69 Å². The minimum absolute atomic E-state index is 0.0123. The minimum atomic E-state index is -0.805. The summed E-state index contributed by atoms with van der Waals surface area (Å²) in [6.07, 6.45) is 2.19. The van der Waals surface area contributed by atoms with Crippen LogP contribution in [-0.2, 0) is 4.79 Å². The van der Waals surface area contributed by atoms with Crippen molar-refractivity contribution >= 4 is 11.7 Å². The Morgan fingerprint density at radius 3 is 2.62 bits per heavy atom. The number of aliphatic hydroxyl groups excluding tert-OH is 1. The highest BCUT2D eigenvalue weighted by atomic mass is 16.4. The van der Waals surface area contributed by atoms with Gasteiger partial charge in [0.1, 0.15) is 5.41 Å². The fourth-order valence-corrected chi connectivity index (χ4v) is 3.56. The summed E-state index contributed by atoms with van der Waals surface area (Å²) >= 11 is 0. The second-order valence-electron chi connectivity index (χ2n) is 6.29. The average molecular weight is 298 g/mol. The first kappa shape index (κ1) is 16.0. The van der Waals surface area contributed by atoms with Gasteiger partial charge in [0.05, 0.1) is 6.61 Å². The molecule has 0 bridgehead atoms. The van der Waals surface area contributed by atoms with E-state index in [1.807, 2.05) is 4.90 Å². The lowest BCUT2D eigenvalue weighted by molar-refractivity contribution is -0.144. The lowest BCUT2D eigenvalue weighted by atomic mass is 9.61. The zero-order valence-electron chi connectivity index (χ0n) is 12.7. The topological polar surface area (TPSA) is 102 Å². The smallest absolute Gasteiger partial charge is 0.236 e. The Balaban J connectivity index is 2.05. The number of hydrogen-bond donors (Lipinski definition) is 3. The van der Waals surface area contributed by atoms with Gasteiger partial charge in [0.2, 0.25) is 5.91 Å². The molecule has 1 aliphatic carbocycles. The molecular weight excluding hydrogens is 272 g/mol. The Morgan fingerprint density at radius 2 is 2.05 bits per heavy atom. The first-order valence-corrected chi connectivity index (χ1v) is 7.64. The number of rotatable bonds is 4. The molecule has 1 amide bonds. The molecule has 7 nitrogen and oxygen atoms in total. The molecule has 1 saturated heterocycles. The van der Waals surface area contributed by atoms with Crippen molar-refractivity contribution in [2.24, 2.45) is 22.2 Å². The van der Waals surface area contributed by atoms with Crippen LogP contribution >= 0.6 is 0 Å². The molecule has 0 spiro atoms. The van der Waals surface area contributed by atoms with E-state index < -0.39 is 5.41 Å². The normalized spacial score (nSPS) is 31.6. The van der Waals surface area contributed by atoms with Gasteiger partial charge in [0.25, 0.3) is 0 Å². The highest BCUT2D eigenvalue weighted by molar-refractivity contribution is 6.07. The molecule has 0 unspecified atom stereocenters. The number of carbonyl (C=O) groups is 1. The molecule has 0 aromatic heterocycles.